The van der Waals surface area contributed by atoms with Gasteiger partial charge in [-0.15, -0.1) is 6.42 Å². The summed E-state index contributed by atoms with van der Waals surface area (Å²) < 4.78 is 1.94. The molecule has 6 heteroatoms. The van der Waals surface area contributed by atoms with Crippen LogP contribution in [0.25, 0.3) is 5.82 Å². The summed E-state index contributed by atoms with van der Waals surface area (Å²) in [6.45, 7) is 5.73. The zero-order valence-corrected chi connectivity index (χ0v) is 12.9. The summed E-state index contributed by atoms with van der Waals surface area (Å²) in [5, 5.41) is 6.19. The van der Waals surface area contributed by atoms with Gasteiger partial charge in [-0.2, -0.15) is 0 Å². The Hall–Kier alpha value is -2.81. The molecular formula is C16H20N6. The molecular weight excluding hydrogens is 276 g/mol. The van der Waals surface area contributed by atoms with E-state index >= 15 is 0 Å². The first-order valence-corrected chi connectivity index (χ1v) is 7.15. The maximum Gasteiger partial charge on any atom is 0.192 e. The second-order valence-electron chi connectivity index (χ2n) is 4.62. The van der Waals surface area contributed by atoms with E-state index in [1.807, 2.05) is 42.9 Å². The zero-order valence-electron chi connectivity index (χ0n) is 12.9. The van der Waals surface area contributed by atoms with Crippen molar-refractivity contribution in [2.24, 2.45) is 4.99 Å². The summed E-state index contributed by atoms with van der Waals surface area (Å²) in [5.41, 5.74) is 1.03. The standard InChI is InChI=1S/C16H20N6/c1-4-8-19-16(17-5-2)21-12-14-6-7-15(20-11-14)22-10-9-18-13(22)3/h1,6-7,9-11H,5,8,12H2,2-3H3,(H2,17,19,21). The predicted molar refractivity (Wildman–Crippen MR) is 87.7 cm³/mol. The SMILES string of the molecule is C#CCNC(=NCc1ccc(-n2ccnc2C)nc1)NCC. The van der Waals surface area contributed by atoms with Crippen LogP contribution in [-0.4, -0.2) is 33.6 Å². The lowest BCUT2D eigenvalue weighted by atomic mass is 10.3. The van der Waals surface area contributed by atoms with Crippen LogP contribution >= 0.6 is 0 Å². The number of aliphatic imine (C=N–C) groups is 1. The maximum absolute atomic E-state index is 5.24. The largest absolute Gasteiger partial charge is 0.357 e. The number of aryl methyl sites for hydroxylation is 1. The van der Waals surface area contributed by atoms with Gasteiger partial charge >= 0.3 is 0 Å². The number of nitrogens with zero attached hydrogens (tertiary/aromatic N) is 4. The minimum Gasteiger partial charge on any atom is -0.357 e. The van der Waals surface area contributed by atoms with Gasteiger partial charge in [-0.3, -0.25) is 4.57 Å². The summed E-state index contributed by atoms with van der Waals surface area (Å²) in [6, 6.07) is 3.97. The van der Waals surface area contributed by atoms with Crippen molar-refractivity contribution in [2.45, 2.75) is 20.4 Å². The zero-order chi connectivity index (χ0) is 15.8. The highest BCUT2D eigenvalue weighted by atomic mass is 15.2. The molecule has 2 aromatic heterocycles. The molecule has 0 amide bonds. The summed E-state index contributed by atoms with van der Waals surface area (Å²) >= 11 is 0. The molecule has 0 saturated heterocycles. The predicted octanol–water partition coefficient (Wildman–Crippen LogP) is 1.26. The number of rotatable bonds is 5. The van der Waals surface area contributed by atoms with Crippen LogP contribution in [0, 0.1) is 19.3 Å². The Kier molecular flexibility index (Phi) is 5.55. The van der Waals surface area contributed by atoms with E-state index < -0.39 is 0 Å². The normalized spacial score (nSPS) is 11.0. The Morgan fingerprint density at radius 2 is 2.23 bits per heavy atom. The van der Waals surface area contributed by atoms with Gasteiger partial charge in [0.2, 0.25) is 0 Å². The third-order valence-corrected chi connectivity index (χ3v) is 3.00. The average molecular weight is 296 g/mol. The van der Waals surface area contributed by atoms with E-state index in [1.165, 1.54) is 0 Å². The quantitative estimate of drug-likeness (QED) is 0.495. The van der Waals surface area contributed by atoms with E-state index in [4.69, 9.17) is 6.42 Å². The fourth-order valence-electron chi connectivity index (χ4n) is 1.92. The second-order valence-corrected chi connectivity index (χ2v) is 4.62. The van der Waals surface area contributed by atoms with Gasteiger partial charge in [0.05, 0.1) is 13.1 Å². The van der Waals surface area contributed by atoms with Gasteiger partial charge in [0.25, 0.3) is 0 Å². The van der Waals surface area contributed by atoms with Gasteiger partial charge in [-0.05, 0) is 25.5 Å². The first-order chi connectivity index (χ1) is 10.7. The molecule has 0 bridgehead atoms. The first-order valence-electron chi connectivity index (χ1n) is 7.15. The van der Waals surface area contributed by atoms with Crippen LogP contribution in [0.15, 0.2) is 35.7 Å². The molecule has 0 aliphatic rings. The number of aromatic nitrogens is 3. The van der Waals surface area contributed by atoms with Crippen LogP contribution in [0.3, 0.4) is 0 Å². The van der Waals surface area contributed by atoms with Crippen LogP contribution in [0.1, 0.15) is 18.3 Å². The lowest BCUT2D eigenvalue weighted by Crippen LogP contribution is -2.37. The molecule has 6 nitrogen and oxygen atoms in total. The Balaban J connectivity index is 2.04. The van der Waals surface area contributed by atoms with Gasteiger partial charge in [-0.25, -0.2) is 15.0 Å². The Labute approximate surface area is 130 Å². The van der Waals surface area contributed by atoms with Crippen LogP contribution in [-0.2, 0) is 6.54 Å². The number of nitrogens with one attached hydrogen (secondary N) is 2. The Morgan fingerprint density at radius 3 is 2.82 bits per heavy atom. The molecule has 2 aromatic rings. The number of guanidine groups is 1. The molecule has 0 fully saturated rings. The van der Waals surface area contributed by atoms with Crippen molar-refractivity contribution >= 4 is 5.96 Å². The molecule has 114 valence electrons. The van der Waals surface area contributed by atoms with Crippen molar-refractivity contribution in [3.63, 3.8) is 0 Å². The molecule has 0 atom stereocenters. The molecule has 0 aliphatic carbocycles. The Morgan fingerprint density at radius 1 is 1.36 bits per heavy atom. The number of pyridine rings is 1. The molecule has 22 heavy (non-hydrogen) atoms. The Bertz CT molecular complexity index is 663. The molecule has 0 aliphatic heterocycles. The van der Waals surface area contributed by atoms with Gasteiger partial charge in [0.1, 0.15) is 11.6 Å². The first kappa shape index (κ1) is 15.6. The van der Waals surface area contributed by atoms with Crippen molar-refractivity contribution in [1.29, 1.82) is 0 Å². The summed E-state index contributed by atoms with van der Waals surface area (Å²) in [7, 11) is 0. The van der Waals surface area contributed by atoms with Crippen LogP contribution in [0.5, 0.6) is 0 Å². The lowest BCUT2D eigenvalue weighted by molar-refractivity contribution is 0.862. The van der Waals surface area contributed by atoms with Crippen molar-refractivity contribution in [3.8, 4) is 18.2 Å². The minimum absolute atomic E-state index is 0.447. The van der Waals surface area contributed by atoms with Crippen LogP contribution in [0.4, 0.5) is 0 Å². The van der Waals surface area contributed by atoms with E-state index in [-0.39, 0.29) is 0 Å². The number of hydrogen-bond acceptors (Lipinski definition) is 3. The summed E-state index contributed by atoms with van der Waals surface area (Å²) in [4.78, 5) is 13.1. The van der Waals surface area contributed by atoms with Gasteiger partial charge in [0.15, 0.2) is 5.96 Å². The van der Waals surface area contributed by atoms with E-state index in [9.17, 15) is 0 Å². The molecule has 0 unspecified atom stereocenters. The van der Waals surface area contributed by atoms with Gasteiger partial charge < -0.3 is 10.6 Å². The van der Waals surface area contributed by atoms with Crippen LogP contribution in [0.2, 0.25) is 0 Å². The van der Waals surface area contributed by atoms with Crippen molar-refractivity contribution in [1.82, 2.24) is 25.2 Å². The monoisotopic (exact) mass is 296 g/mol. The van der Waals surface area contributed by atoms with Crippen LogP contribution < -0.4 is 10.6 Å². The fourth-order valence-corrected chi connectivity index (χ4v) is 1.92. The molecule has 2 rings (SSSR count). The summed E-state index contributed by atoms with van der Waals surface area (Å²) in [6.07, 6.45) is 10.7. The van der Waals surface area contributed by atoms with Gasteiger partial charge in [0, 0.05) is 25.1 Å². The smallest absolute Gasteiger partial charge is 0.192 e. The molecule has 2 N–H and O–H groups in total. The highest BCUT2D eigenvalue weighted by molar-refractivity contribution is 5.79. The molecule has 0 spiro atoms. The number of terminal acetylenes is 1. The van der Waals surface area contributed by atoms with Crippen molar-refractivity contribution < 1.29 is 0 Å². The van der Waals surface area contributed by atoms with E-state index in [1.54, 1.807) is 6.20 Å². The maximum atomic E-state index is 5.24. The highest BCUT2D eigenvalue weighted by Crippen LogP contribution is 2.08. The van der Waals surface area contributed by atoms with E-state index in [2.05, 4.69) is 31.5 Å². The average Bonchev–Trinajstić information content (AvgIpc) is 2.97. The molecule has 0 saturated carbocycles. The highest BCUT2D eigenvalue weighted by Gasteiger charge is 2.02. The second kappa shape index (κ2) is 7.84. The van der Waals surface area contributed by atoms with Gasteiger partial charge in [-0.1, -0.05) is 12.0 Å². The minimum atomic E-state index is 0.447. The van der Waals surface area contributed by atoms with Crippen molar-refractivity contribution in [2.75, 3.05) is 13.1 Å². The molecule has 0 radical (unpaired) electrons. The van der Waals surface area contributed by atoms with E-state index in [0.717, 1.165) is 23.8 Å². The molecule has 0 aromatic carbocycles. The number of imidazole rings is 1. The molecule has 2 heterocycles. The third-order valence-electron chi connectivity index (χ3n) is 3.00. The number of hydrogen-bond donors (Lipinski definition) is 2. The topological polar surface area (TPSA) is 67.1 Å². The summed E-state index contributed by atoms with van der Waals surface area (Å²) in [5.74, 6) is 4.99. The van der Waals surface area contributed by atoms with Crippen molar-refractivity contribution in [3.05, 3.63) is 42.1 Å². The third kappa shape index (κ3) is 4.09. The fraction of sp³-hybridized carbons (Fsp3) is 0.312. The van der Waals surface area contributed by atoms with E-state index in [0.29, 0.717) is 19.0 Å². The lowest BCUT2D eigenvalue weighted by Gasteiger charge is -2.09.